The second-order valence-electron chi connectivity index (χ2n) is 9.62. The van der Waals surface area contributed by atoms with Crippen molar-refractivity contribution in [3.8, 4) is 11.1 Å². The Morgan fingerprint density at radius 2 is 1.64 bits per heavy atom. The third-order valence-electron chi connectivity index (χ3n) is 7.16. The highest BCUT2D eigenvalue weighted by Gasteiger charge is 2.24. The van der Waals surface area contributed by atoms with Crippen LogP contribution in [0.3, 0.4) is 0 Å². The van der Waals surface area contributed by atoms with Gasteiger partial charge in [-0.1, -0.05) is 37.8 Å². The molecule has 0 spiro atoms. The van der Waals surface area contributed by atoms with Crippen LogP contribution in [-0.2, 0) is 14.6 Å². The number of aromatic nitrogens is 1. The molecule has 0 bridgehead atoms. The Kier molecular flexibility index (Phi) is 7.68. The highest BCUT2D eigenvalue weighted by Crippen LogP contribution is 2.29. The van der Waals surface area contributed by atoms with Gasteiger partial charge in [0, 0.05) is 44.1 Å². The Morgan fingerprint density at radius 3 is 2.24 bits per heavy atom. The molecule has 7 heteroatoms. The molecule has 2 aliphatic rings. The Bertz CT molecular complexity index is 1020. The first-order chi connectivity index (χ1) is 15.9. The summed E-state index contributed by atoms with van der Waals surface area (Å²) >= 11 is 0. The number of carbonyl (C=O) groups excluding carboxylic acids is 1. The lowest BCUT2D eigenvalue weighted by Crippen LogP contribution is -2.40. The fourth-order valence-electron chi connectivity index (χ4n) is 4.98. The Balaban J connectivity index is 1.20. The number of nitrogens with one attached hydrogen (secondary N) is 1. The summed E-state index contributed by atoms with van der Waals surface area (Å²) in [4.78, 5) is 19.4. The zero-order valence-corrected chi connectivity index (χ0v) is 20.3. The number of nitrogens with zero attached hydrogens (tertiary/aromatic N) is 2. The van der Waals surface area contributed by atoms with E-state index in [1.165, 1.54) is 31.9 Å². The van der Waals surface area contributed by atoms with Crippen LogP contribution in [0.25, 0.3) is 11.1 Å². The molecule has 0 unspecified atom stereocenters. The summed E-state index contributed by atoms with van der Waals surface area (Å²) in [5, 5.41) is 3.43. The van der Waals surface area contributed by atoms with Gasteiger partial charge < -0.3 is 10.2 Å². The summed E-state index contributed by atoms with van der Waals surface area (Å²) in [6.45, 7) is 2.59. The molecule has 1 saturated carbocycles. The van der Waals surface area contributed by atoms with Gasteiger partial charge in [0.15, 0.2) is 9.84 Å². The van der Waals surface area contributed by atoms with E-state index in [-0.39, 0.29) is 0 Å². The maximum Gasteiger partial charge on any atom is 0.222 e. The molecule has 0 atom stereocenters. The summed E-state index contributed by atoms with van der Waals surface area (Å²) in [7, 11) is -3.19. The molecule has 1 aliphatic carbocycles. The zero-order chi connectivity index (χ0) is 23.3. The Morgan fingerprint density at radius 1 is 0.970 bits per heavy atom. The van der Waals surface area contributed by atoms with Gasteiger partial charge >= 0.3 is 0 Å². The molecule has 1 saturated heterocycles. The van der Waals surface area contributed by atoms with Crippen LogP contribution in [-0.4, -0.2) is 50.1 Å². The van der Waals surface area contributed by atoms with E-state index in [0.29, 0.717) is 16.7 Å². The SMILES string of the molecule is CS(=O)(=O)c1ccc(-c2ccc(NCC3CCN(C(=O)CCC4CCCC4)CC3)nc2)cc1. The van der Waals surface area contributed by atoms with Gasteiger partial charge in [-0.25, -0.2) is 13.4 Å². The third-order valence-corrected chi connectivity index (χ3v) is 8.29. The maximum absolute atomic E-state index is 12.5. The summed E-state index contributed by atoms with van der Waals surface area (Å²) in [5.74, 6) is 2.51. The smallest absolute Gasteiger partial charge is 0.222 e. The standard InChI is InChI=1S/C26H35N3O3S/c1-33(31,32)24-10-7-22(8-11-24)23-9-12-25(28-19-23)27-18-21-14-16-29(17-15-21)26(30)13-6-20-4-2-3-5-20/h7-12,19-21H,2-6,13-18H2,1H3,(H,27,28). The quantitative estimate of drug-likeness (QED) is 0.602. The fraction of sp³-hybridized carbons (Fsp3) is 0.538. The fourth-order valence-corrected chi connectivity index (χ4v) is 5.61. The van der Waals surface area contributed by atoms with E-state index in [9.17, 15) is 13.2 Å². The van der Waals surface area contributed by atoms with E-state index < -0.39 is 9.84 Å². The van der Waals surface area contributed by atoms with Gasteiger partial charge in [0.05, 0.1) is 4.90 Å². The number of hydrogen-bond acceptors (Lipinski definition) is 5. The molecule has 2 aromatic rings. The van der Waals surface area contributed by atoms with Crippen molar-refractivity contribution >= 4 is 21.6 Å². The minimum Gasteiger partial charge on any atom is -0.370 e. The van der Waals surface area contributed by atoms with Gasteiger partial charge in [0.1, 0.15) is 5.82 Å². The summed E-state index contributed by atoms with van der Waals surface area (Å²) in [6, 6.07) is 10.8. The molecular formula is C26H35N3O3S. The zero-order valence-electron chi connectivity index (χ0n) is 19.5. The van der Waals surface area contributed by atoms with Gasteiger partial charge in [-0.3, -0.25) is 4.79 Å². The molecule has 1 N–H and O–H groups in total. The van der Waals surface area contributed by atoms with Crippen molar-refractivity contribution in [2.75, 3.05) is 31.2 Å². The number of piperidine rings is 1. The predicted molar refractivity (Wildman–Crippen MR) is 132 cm³/mol. The van der Waals surface area contributed by atoms with Crippen molar-refractivity contribution in [3.05, 3.63) is 42.6 Å². The largest absolute Gasteiger partial charge is 0.370 e. The lowest BCUT2D eigenvalue weighted by atomic mass is 9.95. The van der Waals surface area contributed by atoms with Gasteiger partial charge in [-0.15, -0.1) is 0 Å². The molecule has 178 valence electrons. The molecule has 1 aliphatic heterocycles. The number of sulfone groups is 1. The molecule has 6 nitrogen and oxygen atoms in total. The average Bonchev–Trinajstić information content (AvgIpc) is 3.35. The molecule has 33 heavy (non-hydrogen) atoms. The number of carbonyl (C=O) groups is 1. The van der Waals surface area contributed by atoms with Crippen molar-refractivity contribution in [2.24, 2.45) is 11.8 Å². The van der Waals surface area contributed by atoms with E-state index in [2.05, 4.69) is 15.2 Å². The highest BCUT2D eigenvalue weighted by molar-refractivity contribution is 7.90. The van der Waals surface area contributed by atoms with Gasteiger partial charge in [0.25, 0.3) is 0 Å². The van der Waals surface area contributed by atoms with Crippen LogP contribution in [0.4, 0.5) is 5.82 Å². The summed E-state index contributed by atoms with van der Waals surface area (Å²) in [6.07, 6.45) is 12.2. The van der Waals surface area contributed by atoms with Crippen LogP contribution in [0.5, 0.6) is 0 Å². The molecule has 2 fully saturated rings. The number of pyridine rings is 1. The second kappa shape index (κ2) is 10.7. The van der Waals surface area contributed by atoms with Crippen molar-refractivity contribution in [2.45, 2.75) is 56.3 Å². The summed E-state index contributed by atoms with van der Waals surface area (Å²) < 4.78 is 23.2. The lowest BCUT2D eigenvalue weighted by Gasteiger charge is -2.32. The lowest BCUT2D eigenvalue weighted by molar-refractivity contribution is -0.132. The predicted octanol–water partition coefficient (Wildman–Crippen LogP) is 4.77. The molecule has 1 aromatic carbocycles. The van der Waals surface area contributed by atoms with Crippen LogP contribution in [0.2, 0.25) is 0 Å². The highest BCUT2D eigenvalue weighted by atomic mass is 32.2. The minimum absolute atomic E-state index is 0.319. The first kappa shape index (κ1) is 23.7. The third kappa shape index (κ3) is 6.56. The number of hydrogen-bond donors (Lipinski definition) is 1. The Hall–Kier alpha value is -2.41. The van der Waals surface area contributed by atoms with Gasteiger partial charge in [0.2, 0.25) is 5.91 Å². The molecule has 1 amide bonds. The second-order valence-corrected chi connectivity index (χ2v) is 11.6. The van der Waals surface area contributed by atoms with Crippen molar-refractivity contribution in [3.63, 3.8) is 0 Å². The van der Waals surface area contributed by atoms with E-state index in [4.69, 9.17) is 0 Å². The maximum atomic E-state index is 12.5. The number of anilines is 1. The number of likely N-dealkylation sites (tertiary alicyclic amines) is 1. The van der Waals surface area contributed by atoms with Gasteiger partial charge in [-0.2, -0.15) is 0 Å². The van der Waals surface area contributed by atoms with Gasteiger partial charge in [-0.05, 0) is 60.9 Å². The minimum atomic E-state index is -3.19. The first-order valence-corrected chi connectivity index (χ1v) is 14.1. The van der Waals surface area contributed by atoms with Crippen molar-refractivity contribution < 1.29 is 13.2 Å². The number of rotatable bonds is 8. The van der Waals surface area contributed by atoms with E-state index in [1.807, 2.05) is 30.5 Å². The summed E-state index contributed by atoms with van der Waals surface area (Å²) in [5.41, 5.74) is 1.89. The topological polar surface area (TPSA) is 79.4 Å². The molecule has 1 aromatic heterocycles. The van der Waals surface area contributed by atoms with Crippen LogP contribution >= 0.6 is 0 Å². The molecular weight excluding hydrogens is 434 g/mol. The number of benzene rings is 1. The van der Waals surface area contributed by atoms with Crippen molar-refractivity contribution in [1.29, 1.82) is 0 Å². The molecule has 2 heterocycles. The van der Waals surface area contributed by atoms with Crippen LogP contribution in [0, 0.1) is 11.8 Å². The monoisotopic (exact) mass is 469 g/mol. The first-order valence-electron chi connectivity index (χ1n) is 12.2. The molecule has 4 rings (SSSR count). The van der Waals surface area contributed by atoms with Crippen LogP contribution < -0.4 is 5.32 Å². The van der Waals surface area contributed by atoms with E-state index >= 15 is 0 Å². The Labute approximate surface area is 197 Å². The molecule has 0 radical (unpaired) electrons. The van der Waals surface area contributed by atoms with E-state index in [0.717, 1.165) is 68.2 Å². The number of amides is 1. The normalized spacial score (nSPS) is 17.9. The van der Waals surface area contributed by atoms with Crippen molar-refractivity contribution in [1.82, 2.24) is 9.88 Å². The average molecular weight is 470 g/mol. The van der Waals surface area contributed by atoms with Crippen LogP contribution in [0.1, 0.15) is 51.4 Å². The van der Waals surface area contributed by atoms with E-state index in [1.54, 1.807) is 12.1 Å². The van der Waals surface area contributed by atoms with Crippen LogP contribution in [0.15, 0.2) is 47.5 Å².